The molecule has 210 valence electrons. The average molecular weight is 588 g/mol. The van der Waals surface area contributed by atoms with Gasteiger partial charge in [-0.3, -0.25) is 4.79 Å². The number of hydrogen-bond donors (Lipinski definition) is 3. The van der Waals surface area contributed by atoms with E-state index in [1.165, 1.54) is 10.9 Å². The number of carbonyl (C=O) groups is 1. The molecule has 6 nitrogen and oxygen atoms in total. The molecule has 3 N–H and O–H groups in total. The minimum Gasteiger partial charge on any atom is -1.00 e. The number of aryl methyl sites for hydroxylation is 1. The number of aromatic amines is 1. The van der Waals surface area contributed by atoms with Crippen LogP contribution in [-0.2, 0) is 4.79 Å². The molecule has 8 heteroatoms. The number of anilines is 1. The SMILES string of the molecule is COc1cc(C2NCC(c3ccccc3Cl)c3c2[nH]c2ccccc32)ccc1OCC(=O)Nc1ccc(C)cc1.[Cl-]. The summed E-state index contributed by atoms with van der Waals surface area (Å²) in [6.45, 7) is 2.60. The highest BCUT2D eigenvalue weighted by molar-refractivity contribution is 6.31. The summed E-state index contributed by atoms with van der Waals surface area (Å²) in [5.41, 5.74) is 7.43. The zero-order valence-corrected chi connectivity index (χ0v) is 24.2. The molecule has 0 aliphatic carbocycles. The fourth-order valence-electron chi connectivity index (χ4n) is 5.50. The van der Waals surface area contributed by atoms with Gasteiger partial charge in [-0.1, -0.05) is 71.8 Å². The second-order valence-corrected chi connectivity index (χ2v) is 10.4. The Morgan fingerprint density at radius 3 is 2.51 bits per heavy atom. The average Bonchev–Trinajstić information content (AvgIpc) is 3.37. The molecule has 41 heavy (non-hydrogen) atoms. The van der Waals surface area contributed by atoms with Crippen LogP contribution in [0, 0.1) is 6.92 Å². The molecule has 4 aromatic carbocycles. The predicted octanol–water partition coefficient (Wildman–Crippen LogP) is 3.98. The molecule has 0 saturated carbocycles. The number of rotatable bonds is 7. The van der Waals surface area contributed by atoms with E-state index in [9.17, 15) is 4.79 Å². The van der Waals surface area contributed by atoms with E-state index in [4.69, 9.17) is 21.1 Å². The van der Waals surface area contributed by atoms with Crippen molar-refractivity contribution in [1.29, 1.82) is 0 Å². The number of amides is 1. The van der Waals surface area contributed by atoms with Crippen LogP contribution < -0.4 is 32.5 Å². The summed E-state index contributed by atoms with van der Waals surface area (Å²) in [5, 5.41) is 8.54. The number of ether oxygens (including phenoxy) is 2. The van der Waals surface area contributed by atoms with Crippen molar-refractivity contribution in [1.82, 2.24) is 10.3 Å². The Morgan fingerprint density at radius 1 is 0.976 bits per heavy atom. The fourth-order valence-corrected chi connectivity index (χ4v) is 5.76. The van der Waals surface area contributed by atoms with Crippen LogP contribution in [0.3, 0.4) is 0 Å². The zero-order chi connectivity index (χ0) is 27.6. The second kappa shape index (κ2) is 12.3. The first-order valence-corrected chi connectivity index (χ1v) is 13.6. The smallest absolute Gasteiger partial charge is 0.262 e. The van der Waals surface area contributed by atoms with Gasteiger partial charge in [0.1, 0.15) is 0 Å². The van der Waals surface area contributed by atoms with E-state index in [0.717, 1.165) is 45.2 Å². The Kier molecular flexibility index (Phi) is 8.54. The lowest BCUT2D eigenvalue weighted by Crippen LogP contribution is -3.00. The maximum absolute atomic E-state index is 12.5. The predicted molar refractivity (Wildman–Crippen MR) is 160 cm³/mol. The number of para-hydroxylation sites is 1. The zero-order valence-electron chi connectivity index (χ0n) is 22.7. The molecule has 0 bridgehead atoms. The van der Waals surface area contributed by atoms with E-state index in [1.807, 2.05) is 73.7 Å². The van der Waals surface area contributed by atoms with Gasteiger partial charge >= 0.3 is 0 Å². The van der Waals surface area contributed by atoms with Crippen molar-refractivity contribution in [3.63, 3.8) is 0 Å². The molecule has 1 aromatic heterocycles. The van der Waals surface area contributed by atoms with E-state index in [1.54, 1.807) is 7.11 Å². The van der Waals surface area contributed by atoms with Crippen LogP contribution in [0.15, 0.2) is 91.0 Å². The van der Waals surface area contributed by atoms with Gasteiger partial charge in [0, 0.05) is 39.8 Å². The Morgan fingerprint density at radius 2 is 1.73 bits per heavy atom. The van der Waals surface area contributed by atoms with E-state index in [-0.39, 0.29) is 36.9 Å². The molecule has 2 heterocycles. The molecular weight excluding hydrogens is 557 g/mol. The molecule has 1 aliphatic heterocycles. The van der Waals surface area contributed by atoms with Crippen molar-refractivity contribution in [2.45, 2.75) is 18.9 Å². The van der Waals surface area contributed by atoms with Gasteiger partial charge in [-0.05, 0) is 60.0 Å². The van der Waals surface area contributed by atoms with Gasteiger partial charge in [0.05, 0.1) is 13.2 Å². The minimum atomic E-state index is -0.239. The number of aromatic nitrogens is 1. The summed E-state index contributed by atoms with van der Waals surface area (Å²) in [6, 6.07) is 29.8. The summed E-state index contributed by atoms with van der Waals surface area (Å²) in [5.74, 6) is 0.935. The van der Waals surface area contributed by atoms with Gasteiger partial charge in [-0.15, -0.1) is 0 Å². The third-order valence-electron chi connectivity index (χ3n) is 7.44. The second-order valence-electron chi connectivity index (χ2n) is 10.0. The van der Waals surface area contributed by atoms with E-state index >= 15 is 0 Å². The molecule has 2 unspecified atom stereocenters. The van der Waals surface area contributed by atoms with E-state index < -0.39 is 0 Å². The highest BCUT2D eigenvalue weighted by Gasteiger charge is 2.33. The molecule has 0 spiro atoms. The Bertz CT molecular complexity index is 1680. The number of benzene rings is 4. The van der Waals surface area contributed by atoms with Crippen molar-refractivity contribution in [2.24, 2.45) is 0 Å². The minimum absolute atomic E-state index is 0. The molecule has 0 radical (unpaired) electrons. The van der Waals surface area contributed by atoms with Crippen LogP contribution in [0.4, 0.5) is 5.69 Å². The van der Waals surface area contributed by atoms with Gasteiger partial charge in [0.25, 0.3) is 5.91 Å². The molecule has 5 aromatic rings. The largest absolute Gasteiger partial charge is 1.00 e. The van der Waals surface area contributed by atoms with Gasteiger partial charge in [0.15, 0.2) is 18.1 Å². The molecule has 0 fully saturated rings. The quantitative estimate of drug-likeness (QED) is 0.270. The van der Waals surface area contributed by atoms with Crippen LogP contribution >= 0.6 is 11.6 Å². The maximum atomic E-state index is 12.5. The maximum Gasteiger partial charge on any atom is 0.262 e. The topological polar surface area (TPSA) is 75.4 Å². The molecule has 1 amide bonds. The Labute approximate surface area is 250 Å². The number of hydrogen-bond acceptors (Lipinski definition) is 4. The Hall–Kier alpha value is -3.97. The highest BCUT2D eigenvalue weighted by atomic mass is 35.5. The summed E-state index contributed by atoms with van der Waals surface area (Å²) in [6.07, 6.45) is 0. The van der Waals surface area contributed by atoms with Crippen molar-refractivity contribution >= 4 is 34.1 Å². The van der Waals surface area contributed by atoms with E-state index in [2.05, 4.69) is 39.9 Å². The van der Waals surface area contributed by atoms with Crippen LogP contribution in [-0.4, -0.2) is 31.2 Å². The molecule has 6 rings (SSSR count). The number of H-pyrrole nitrogens is 1. The van der Waals surface area contributed by atoms with Crippen LogP contribution in [0.25, 0.3) is 10.9 Å². The van der Waals surface area contributed by atoms with E-state index in [0.29, 0.717) is 11.5 Å². The number of fused-ring (bicyclic) bond motifs is 3. The first-order valence-electron chi connectivity index (χ1n) is 13.3. The number of halogens is 2. The molecular formula is C33H30Cl2N3O3-. The summed E-state index contributed by atoms with van der Waals surface area (Å²) < 4.78 is 11.5. The number of carbonyl (C=O) groups excluding carboxylic acids is 1. The lowest BCUT2D eigenvalue weighted by Gasteiger charge is -2.32. The summed E-state index contributed by atoms with van der Waals surface area (Å²) >= 11 is 6.66. The van der Waals surface area contributed by atoms with Crippen molar-refractivity contribution in [3.8, 4) is 11.5 Å². The van der Waals surface area contributed by atoms with Crippen LogP contribution in [0.1, 0.15) is 39.9 Å². The summed E-state index contributed by atoms with van der Waals surface area (Å²) in [7, 11) is 1.61. The number of nitrogens with one attached hydrogen (secondary N) is 3. The third-order valence-corrected chi connectivity index (χ3v) is 7.78. The number of methoxy groups -OCH3 is 1. The van der Waals surface area contributed by atoms with Gasteiger partial charge < -0.3 is 37.5 Å². The van der Waals surface area contributed by atoms with Crippen molar-refractivity contribution < 1.29 is 26.7 Å². The first-order chi connectivity index (χ1) is 19.5. The highest BCUT2D eigenvalue weighted by Crippen LogP contribution is 2.44. The lowest BCUT2D eigenvalue weighted by atomic mass is 9.83. The van der Waals surface area contributed by atoms with Crippen molar-refractivity contribution in [2.75, 3.05) is 25.6 Å². The van der Waals surface area contributed by atoms with Crippen LogP contribution in [0.5, 0.6) is 11.5 Å². The van der Waals surface area contributed by atoms with Crippen LogP contribution in [0.2, 0.25) is 5.02 Å². The Balaban J connectivity index is 0.00000337. The molecule has 2 atom stereocenters. The van der Waals surface area contributed by atoms with Gasteiger partial charge in [-0.25, -0.2) is 0 Å². The normalized spacial score (nSPS) is 16.0. The molecule has 1 aliphatic rings. The monoisotopic (exact) mass is 586 g/mol. The first kappa shape index (κ1) is 28.6. The van der Waals surface area contributed by atoms with Gasteiger partial charge in [0.2, 0.25) is 0 Å². The summed E-state index contributed by atoms with van der Waals surface area (Å²) in [4.78, 5) is 16.2. The van der Waals surface area contributed by atoms with Crippen molar-refractivity contribution in [3.05, 3.63) is 124 Å². The standard InChI is InChI=1S/C33H30ClN3O3.ClH/c1-20-11-14-22(15-12-20)36-30(38)19-40-28-16-13-21(17-29(28)39-2)32-33-31(24-8-4-6-10-27(24)37-33)25(18-35-32)23-7-3-5-9-26(23)34;/h3-17,25,32,35,37H,18-19H2,1-2H3,(H,36,38);1H/p-1. The lowest BCUT2D eigenvalue weighted by molar-refractivity contribution is -0.118. The fraction of sp³-hybridized carbons (Fsp3) is 0.182. The van der Waals surface area contributed by atoms with Gasteiger partial charge in [-0.2, -0.15) is 0 Å². The third kappa shape index (κ3) is 5.77. The molecule has 0 saturated heterocycles.